The van der Waals surface area contributed by atoms with Gasteiger partial charge in [-0.15, -0.1) is 0 Å². The Hall–Kier alpha value is -0.760. The highest BCUT2D eigenvalue weighted by molar-refractivity contribution is 4.96. The van der Waals surface area contributed by atoms with Gasteiger partial charge in [-0.05, 0) is 6.92 Å². The Kier molecular flexibility index (Phi) is 13.2. The second-order valence-electron chi connectivity index (χ2n) is 10.4. The third-order valence-electron chi connectivity index (χ3n) is 7.49. The van der Waals surface area contributed by atoms with Crippen LogP contribution < -0.4 is 0 Å². The minimum Gasteiger partial charge on any atom is -0.394 e. The SMILES string of the molecule is C[C@@H]1O[C@@H](O[C@H](CO)[C@@H](O)[C@@H](O)CO)[C@H](O)[C@H](O[C@H]2O[C@H](CO)[C@@H](O)[C@H](O[C@H]3O[C@H](CO)[C@H](O)[C@H](O)[C@H]3O)[C@H]2O)[C@H]1O. The van der Waals surface area contributed by atoms with Crippen LogP contribution in [0.1, 0.15) is 6.92 Å². The first-order valence-corrected chi connectivity index (χ1v) is 13.3. The molecule has 3 rings (SSSR count). The van der Waals surface area contributed by atoms with Crippen molar-refractivity contribution in [1.29, 1.82) is 0 Å². The van der Waals surface area contributed by atoms with Crippen molar-refractivity contribution >= 4 is 0 Å². The maximum atomic E-state index is 11.0. The molecule has 3 fully saturated rings. The van der Waals surface area contributed by atoms with Gasteiger partial charge in [-0.2, -0.15) is 0 Å². The van der Waals surface area contributed by atoms with Crippen LogP contribution in [0.4, 0.5) is 0 Å². The number of aliphatic hydroxyl groups excluding tert-OH is 13. The summed E-state index contributed by atoms with van der Waals surface area (Å²) in [6.45, 7) is -2.06. The predicted molar refractivity (Wildman–Crippen MR) is 129 cm³/mol. The second kappa shape index (κ2) is 15.5. The Bertz CT molecular complexity index is 808. The summed E-state index contributed by atoms with van der Waals surface area (Å²) < 4.78 is 32.6. The smallest absolute Gasteiger partial charge is 0.187 e. The van der Waals surface area contributed by atoms with E-state index in [0.29, 0.717) is 0 Å². The van der Waals surface area contributed by atoms with Crippen LogP contribution in [0.5, 0.6) is 0 Å². The standard InChI is InChI=1S/C23H42O19/c1-6-11(29)19(17(35)22(37-6)38-8(3-25)12(30)7(28)2-24)41-23-18(36)20(14(32)10(5-27)40-23)42-21-16(34)15(33)13(31)9(4-26)39-21/h6-36H,2-5H2,1H3/t6-,7-,8+,9+,10+,11-,12-,13-,14+,15-,16+,17+,18+,19+,20-,21+,22-,23+/m0/s1. The largest absolute Gasteiger partial charge is 0.394 e. The molecule has 19 nitrogen and oxygen atoms in total. The summed E-state index contributed by atoms with van der Waals surface area (Å²) in [5.41, 5.74) is 0. The number of hydrogen-bond acceptors (Lipinski definition) is 19. The quantitative estimate of drug-likeness (QED) is 0.0960. The Morgan fingerprint density at radius 3 is 1.60 bits per heavy atom. The van der Waals surface area contributed by atoms with Crippen molar-refractivity contribution in [2.75, 3.05) is 26.4 Å². The molecule has 0 aromatic heterocycles. The molecule has 0 aromatic carbocycles. The summed E-state index contributed by atoms with van der Waals surface area (Å²) in [5.74, 6) is 0. The highest BCUT2D eigenvalue weighted by Gasteiger charge is 2.53. The van der Waals surface area contributed by atoms with Crippen LogP contribution in [0.3, 0.4) is 0 Å². The van der Waals surface area contributed by atoms with Gasteiger partial charge in [0.2, 0.25) is 0 Å². The molecule has 0 unspecified atom stereocenters. The molecule has 3 saturated heterocycles. The van der Waals surface area contributed by atoms with E-state index < -0.39 is 137 Å². The summed E-state index contributed by atoms with van der Waals surface area (Å²) in [7, 11) is 0. The monoisotopic (exact) mass is 622 g/mol. The molecule has 0 radical (unpaired) electrons. The molecule has 248 valence electrons. The molecule has 42 heavy (non-hydrogen) atoms. The zero-order valence-electron chi connectivity index (χ0n) is 22.5. The van der Waals surface area contributed by atoms with Crippen molar-refractivity contribution in [3.63, 3.8) is 0 Å². The summed E-state index contributed by atoms with van der Waals surface area (Å²) in [6.07, 6.45) is -30.7. The lowest BCUT2D eigenvalue weighted by molar-refractivity contribution is -0.382. The van der Waals surface area contributed by atoms with E-state index >= 15 is 0 Å². The van der Waals surface area contributed by atoms with Crippen LogP contribution in [-0.2, 0) is 28.4 Å². The molecule has 0 spiro atoms. The van der Waals surface area contributed by atoms with E-state index in [1.165, 1.54) is 6.92 Å². The van der Waals surface area contributed by atoms with E-state index in [1.54, 1.807) is 0 Å². The van der Waals surface area contributed by atoms with Crippen molar-refractivity contribution < 1.29 is 94.8 Å². The molecule has 0 bridgehead atoms. The normalized spacial score (nSPS) is 47.1. The van der Waals surface area contributed by atoms with Crippen LogP contribution in [0.2, 0.25) is 0 Å². The van der Waals surface area contributed by atoms with E-state index in [9.17, 15) is 61.3 Å². The van der Waals surface area contributed by atoms with E-state index in [-0.39, 0.29) is 0 Å². The number of ether oxygens (including phenoxy) is 6. The molecule has 0 saturated carbocycles. The van der Waals surface area contributed by atoms with Gasteiger partial charge in [0.1, 0.15) is 85.5 Å². The van der Waals surface area contributed by atoms with Crippen LogP contribution in [0.15, 0.2) is 0 Å². The van der Waals surface area contributed by atoms with Gasteiger partial charge in [0.05, 0.1) is 32.5 Å². The first-order chi connectivity index (χ1) is 19.8. The third-order valence-corrected chi connectivity index (χ3v) is 7.49. The molecule has 19 heteroatoms. The van der Waals surface area contributed by atoms with Gasteiger partial charge in [0, 0.05) is 0 Å². The van der Waals surface area contributed by atoms with Crippen molar-refractivity contribution in [2.45, 2.75) is 117 Å². The number of aliphatic hydroxyl groups is 13. The highest BCUT2D eigenvalue weighted by atomic mass is 16.8. The fourth-order valence-electron chi connectivity index (χ4n) is 4.85. The zero-order chi connectivity index (χ0) is 31.5. The minimum atomic E-state index is -1.97. The van der Waals surface area contributed by atoms with E-state index in [1.807, 2.05) is 0 Å². The van der Waals surface area contributed by atoms with Crippen LogP contribution in [-0.4, -0.2) is 203 Å². The Morgan fingerprint density at radius 2 is 1.07 bits per heavy atom. The first kappa shape index (κ1) is 35.7. The summed E-state index contributed by atoms with van der Waals surface area (Å²) >= 11 is 0. The molecule has 3 aliphatic rings. The van der Waals surface area contributed by atoms with Gasteiger partial charge in [-0.25, -0.2) is 0 Å². The molecule has 0 aliphatic carbocycles. The molecule has 0 aromatic rings. The lowest BCUT2D eigenvalue weighted by Gasteiger charge is -2.48. The zero-order valence-corrected chi connectivity index (χ0v) is 22.5. The Morgan fingerprint density at radius 1 is 0.571 bits per heavy atom. The molecule has 3 heterocycles. The average molecular weight is 623 g/mol. The molecule has 13 N–H and O–H groups in total. The Labute approximate surface area is 239 Å². The summed E-state index contributed by atoms with van der Waals surface area (Å²) in [5, 5.41) is 131. The first-order valence-electron chi connectivity index (χ1n) is 13.3. The van der Waals surface area contributed by atoms with Gasteiger partial charge in [0.25, 0.3) is 0 Å². The van der Waals surface area contributed by atoms with E-state index in [0.717, 1.165) is 0 Å². The van der Waals surface area contributed by atoms with Gasteiger partial charge in [0.15, 0.2) is 18.9 Å². The van der Waals surface area contributed by atoms with Crippen molar-refractivity contribution in [3.05, 3.63) is 0 Å². The highest BCUT2D eigenvalue weighted by Crippen LogP contribution is 2.33. The lowest BCUT2D eigenvalue weighted by atomic mass is 9.96. The summed E-state index contributed by atoms with van der Waals surface area (Å²) in [4.78, 5) is 0. The Balaban J connectivity index is 1.78. The third kappa shape index (κ3) is 7.54. The van der Waals surface area contributed by atoms with Gasteiger partial charge >= 0.3 is 0 Å². The topological polar surface area (TPSA) is 318 Å². The molecular weight excluding hydrogens is 580 g/mol. The fraction of sp³-hybridized carbons (Fsp3) is 1.00. The molecule has 18 atom stereocenters. The van der Waals surface area contributed by atoms with Crippen LogP contribution >= 0.6 is 0 Å². The summed E-state index contributed by atoms with van der Waals surface area (Å²) in [6, 6.07) is 0. The van der Waals surface area contributed by atoms with Crippen LogP contribution in [0, 0.1) is 0 Å². The predicted octanol–water partition coefficient (Wildman–Crippen LogP) is -8.45. The molecule has 0 amide bonds. The van der Waals surface area contributed by atoms with Gasteiger partial charge in [-0.1, -0.05) is 0 Å². The van der Waals surface area contributed by atoms with E-state index in [4.69, 9.17) is 33.5 Å². The average Bonchev–Trinajstić information content (AvgIpc) is 2.98. The van der Waals surface area contributed by atoms with Crippen LogP contribution in [0.25, 0.3) is 0 Å². The second-order valence-corrected chi connectivity index (χ2v) is 10.4. The molecular formula is C23H42O19. The van der Waals surface area contributed by atoms with Crippen molar-refractivity contribution in [3.8, 4) is 0 Å². The van der Waals surface area contributed by atoms with Crippen molar-refractivity contribution in [2.24, 2.45) is 0 Å². The van der Waals surface area contributed by atoms with Crippen molar-refractivity contribution in [1.82, 2.24) is 0 Å². The van der Waals surface area contributed by atoms with Gasteiger partial charge in [-0.3, -0.25) is 0 Å². The fourth-order valence-corrected chi connectivity index (χ4v) is 4.85. The maximum absolute atomic E-state index is 11.0. The van der Waals surface area contributed by atoms with Gasteiger partial charge < -0.3 is 94.8 Å². The number of rotatable bonds is 12. The van der Waals surface area contributed by atoms with E-state index in [2.05, 4.69) is 0 Å². The lowest BCUT2D eigenvalue weighted by Crippen LogP contribution is -2.66. The minimum absolute atomic E-state index is 0.789. The molecule has 3 aliphatic heterocycles. The number of hydrogen-bond donors (Lipinski definition) is 13. The maximum Gasteiger partial charge on any atom is 0.187 e.